The maximum Gasteiger partial charge on any atom is 0.316 e. The van der Waals surface area contributed by atoms with Gasteiger partial charge in [-0.15, -0.1) is 0 Å². The number of carbonyl (C=O) groups excluding carboxylic acids is 1. The molecule has 3 rings (SSSR count). The number of benzene rings is 1. The van der Waals surface area contributed by atoms with E-state index in [0.717, 1.165) is 30.5 Å². The van der Waals surface area contributed by atoms with Crippen LogP contribution in [-0.4, -0.2) is 12.1 Å². The molecule has 1 aromatic carbocycles. The van der Waals surface area contributed by atoms with Crippen molar-refractivity contribution in [3.05, 3.63) is 29.8 Å². The molecular formula is C17H23NO2. The third kappa shape index (κ3) is 2.41. The molecule has 2 unspecified atom stereocenters. The van der Waals surface area contributed by atoms with Gasteiger partial charge in [0.2, 0.25) is 0 Å². The van der Waals surface area contributed by atoms with Crippen LogP contribution in [0.5, 0.6) is 0 Å². The van der Waals surface area contributed by atoms with Crippen molar-refractivity contribution in [3.63, 3.8) is 0 Å². The number of anilines is 1. The molecule has 0 radical (unpaired) electrons. The topological polar surface area (TPSA) is 52.3 Å². The first-order valence-corrected chi connectivity index (χ1v) is 7.69. The highest BCUT2D eigenvalue weighted by molar-refractivity contribution is 5.86. The van der Waals surface area contributed by atoms with Crippen molar-refractivity contribution in [2.45, 2.75) is 57.0 Å². The third-order valence-electron chi connectivity index (χ3n) is 4.90. The van der Waals surface area contributed by atoms with Gasteiger partial charge in [-0.3, -0.25) is 4.79 Å². The number of ether oxygens (including phenoxy) is 1. The summed E-state index contributed by atoms with van der Waals surface area (Å²) in [7, 11) is 0. The Hall–Kier alpha value is -1.51. The molecule has 0 aliphatic heterocycles. The van der Waals surface area contributed by atoms with Crippen molar-refractivity contribution in [3.8, 4) is 0 Å². The Morgan fingerprint density at radius 2 is 1.85 bits per heavy atom. The summed E-state index contributed by atoms with van der Waals surface area (Å²) in [6.45, 7) is 2.19. The van der Waals surface area contributed by atoms with Gasteiger partial charge in [0.25, 0.3) is 0 Å². The second kappa shape index (κ2) is 5.12. The minimum absolute atomic E-state index is 0.0268. The molecule has 0 bridgehead atoms. The molecule has 0 spiro atoms. The number of hydrogen-bond donors (Lipinski definition) is 1. The lowest BCUT2D eigenvalue weighted by Gasteiger charge is -2.30. The van der Waals surface area contributed by atoms with Crippen molar-refractivity contribution in [1.82, 2.24) is 0 Å². The van der Waals surface area contributed by atoms with Gasteiger partial charge < -0.3 is 10.5 Å². The number of esters is 1. The van der Waals surface area contributed by atoms with Gasteiger partial charge in [-0.2, -0.15) is 0 Å². The highest BCUT2D eigenvalue weighted by Gasteiger charge is 2.53. The van der Waals surface area contributed by atoms with E-state index in [9.17, 15) is 4.79 Å². The summed E-state index contributed by atoms with van der Waals surface area (Å²) < 4.78 is 5.85. The summed E-state index contributed by atoms with van der Waals surface area (Å²) >= 11 is 0. The molecule has 2 atom stereocenters. The highest BCUT2D eigenvalue weighted by Crippen LogP contribution is 2.50. The zero-order valence-electron chi connectivity index (χ0n) is 12.1. The molecule has 3 nitrogen and oxygen atoms in total. The first-order chi connectivity index (χ1) is 9.62. The molecule has 2 N–H and O–H groups in total. The molecule has 20 heavy (non-hydrogen) atoms. The predicted octanol–water partition coefficient (Wildman–Crippen LogP) is 3.42. The summed E-state index contributed by atoms with van der Waals surface area (Å²) in [5, 5.41) is 0. The van der Waals surface area contributed by atoms with E-state index < -0.39 is 0 Å². The van der Waals surface area contributed by atoms with Gasteiger partial charge >= 0.3 is 5.97 Å². The van der Waals surface area contributed by atoms with Crippen molar-refractivity contribution in [2.75, 3.05) is 5.73 Å². The third-order valence-corrected chi connectivity index (χ3v) is 4.90. The quantitative estimate of drug-likeness (QED) is 0.678. The summed E-state index contributed by atoms with van der Waals surface area (Å²) in [6, 6.07) is 7.67. The van der Waals surface area contributed by atoms with Gasteiger partial charge in [0.1, 0.15) is 6.10 Å². The fraction of sp³-hybridized carbons (Fsp3) is 0.588. The number of rotatable bonds is 3. The normalized spacial score (nSPS) is 27.9. The standard InChI is InChI=1S/C17H23NO2/c1-12-4-2-3-5-15(12)20-16(19)17(10-11-17)13-6-8-14(18)9-7-13/h6-9,12,15H,2-5,10-11,18H2,1H3. The van der Waals surface area contributed by atoms with E-state index in [2.05, 4.69) is 6.92 Å². The van der Waals surface area contributed by atoms with E-state index in [-0.39, 0.29) is 17.5 Å². The van der Waals surface area contributed by atoms with E-state index in [1.807, 2.05) is 24.3 Å². The molecule has 0 amide bonds. The summed E-state index contributed by atoms with van der Waals surface area (Å²) in [4.78, 5) is 12.6. The van der Waals surface area contributed by atoms with Gasteiger partial charge in [0.05, 0.1) is 5.41 Å². The van der Waals surface area contributed by atoms with Crippen molar-refractivity contribution in [2.24, 2.45) is 5.92 Å². The summed E-state index contributed by atoms with van der Waals surface area (Å²) in [5.74, 6) is 0.468. The Morgan fingerprint density at radius 1 is 1.20 bits per heavy atom. The number of nitrogens with two attached hydrogens (primary N) is 1. The molecule has 0 saturated heterocycles. The second-order valence-electron chi connectivity index (χ2n) is 6.41. The minimum atomic E-state index is -0.384. The molecule has 3 heteroatoms. The molecule has 1 aromatic rings. The van der Waals surface area contributed by atoms with Crippen LogP contribution in [0.15, 0.2) is 24.3 Å². The van der Waals surface area contributed by atoms with Crippen LogP contribution < -0.4 is 5.73 Å². The van der Waals surface area contributed by atoms with Gasteiger partial charge in [0.15, 0.2) is 0 Å². The molecule has 2 aliphatic rings. The Morgan fingerprint density at radius 3 is 2.45 bits per heavy atom. The lowest BCUT2D eigenvalue weighted by Crippen LogP contribution is -2.33. The first kappa shape index (κ1) is 13.5. The van der Waals surface area contributed by atoms with E-state index >= 15 is 0 Å². The second-order valence-corrected chi connectivity index (χ2v) is 6.41. The van der Waals surface area contributed by atoms with Crippen LogP contribution in [0.2, 0.25) is 0 Å². The van der Waals surface area contributed by atoms with E-state index in [1.54, 1.807) is 0 Å². The smallest absolute Gasteiger partial charge is 0.316 e. The van der Waals surface area contributed by atoms with Crippen LogP contribution in [0.25, 0.3) is 0 Å². The Balaban J connectivity index is 1.71. The zero-order chi connectivity index (χ0) is 14.2. The largest absolute Gasteiger partial charge is 0.461 e. The summed E-state index contributed by atoms with van der Waals surface area (Å²) in [5.41, 5.74) is 7.12. The SMILES string of the molecule is CC1CCCCC1OC(=O)C1(c2ccc(N)cc2)CC1. The fourth-order valence-electron chi connectivity index (χ4n) is 3.25. The molecule has 2 fully saturated rings. The van der Waals surface area contributed by atoms with Gasteiger partial charge in [-0.1, -0.05) is 25.5 Å². The maximum atomic E-state index is 12.6. The van der Waals surface area contributed by atoms with Crippen LogP contribution in [0, 0.1) is 5.92 Å². The highest BCUT2D eigenvalue weighted by atomic mass is 16.5. The van der Waals surface area contributed by atoms with Crippen LogP contribution in [0.3, 0.4) is 0 Å². The Bertz CT molecular complexity index is 490. The maximum absolute atomic E-state index is 12.6. The lowest BCUT2D eigenvalue weighted by atomic mass is 9.87. The molecule has 0 heterocycles. The fourth-order valence-corrected chi connectivity index (χ4v) is 3.25. The number of nitrogen functional groups attached to an aromatic ring is 1. The first-order valence-electron chi connectivity index (χ1n) is 7.69. The van der Waals surface area contributed by atoms with Gasteiger partial charge in [-0.05, 0) is 55.7 Å². The molecular weight excluding hydrogens is 250 g/mol. The average Bonchev–Trinajstić information content (AvgIpc) is 3.24. The Kier molecular flexibility index (Phi) is 3.45. The van der Waals surface area contributed by atoms with Gasteiger partial charge in [-0.25, -0.2) is 0 Å². The minimum Gasteiger partial charge on any atom is -0.461 e. The molecule has 0 aromatic heterocycles. The Labute approximate surface area is 120 Å². The number of carbonyl (C=O) groups is 1. The van der Waals surface area contributed by atoms with Crippen molar-refractivity contribution in [1.29, 1.82) is 0 Å². The molecule has 108 valence electrons. The zero-order valence-corrected chi connectivity index (χ0v) is 12.1. The molecule has 2 saturated carbocycles. The number of hydrogen-bond acceptors (Lipinski definition) is 3. The monoisotopic (exact) mass is 273 g/mol. The summed E-state index contributed by atoms with van der Waals surface area (Å²) in [6.07, 6.45) is 6.54. The van der Waals surface area contributed by atoms with Gasteiger partial charge in [0, 0.05) is 5.69 Å². The van der Waals surface area contributed by atoms with E-state index in [0.29, 0.717) is 5.92 Å². The average molecular weight is 273 g/mol. The van der Waals surface area contributed by atoms with E-state index in [4.69, 9.17) is 10.5 Å². The van der Waals surface area contributed by atoms with E-state index in [1.165, 1.54) is 19.3 Å². The van der Waals surface area contributed by atoms with Crippen molar-refractivity contribution < 1.29 is 9.53 Å². The lowest BCUT2D eigenvalue weighted by molar-refractivity contribution is -0.156. The van der Waals surface area contributed by atoms with Crippen LogP contribution in [-0.2, 0) is 14.9 Å². The predicted molar refractivity (Wildman–Crippen MR) is 79.3 cm³/mol. The van der Waals surface area contributed by atoms with Crippen LogP contribution in [0.1, 0.15) is 51.0 Å². The van der Waals surface area contributed by atoms with Crippen LogP contribution in [0.4, 0.5) is 5.69 Å². The molecule has 2 aliphatic carbocycles. The van der Waals surface area contributed by atoms with Crippen LogP contribution >= 0.6 is 0 Å². The van der Waals surface area contributed by atoms with Crippen molar-refractivity contribution >= 4 is 11.7 Å².